The van der Waals surface area contributed by atoms with Crippen molar-refractivity contribution in [2.45, 2.75) is 19.0 Å². The maximum atomic E-state index is 12.8. The Kier molecular flexibility index (Phi) is 4.74. The second-order valence-electron chi connectivity index (χ2n) is 5.59. The van der Waals surface area contributed by atoms with Crippen molar-refractivity contribution < 1.29 is 14.3 Å². The average molecular weight is 325 g/mol. The fourth-order valence-corrected chi connectivity index (χ4v) is 2.95. The Morgan fingerprint density at radius 2 is 2.00 bits per heavy atom. The van der Waals surface area contributed by atoms with Gasteiger partial charge in [-0.2, -0.15) is 0 Å². The highest BCUT2D eigenvalue weighted by molar-refractivity contribution is 5.87. The molecule has 0 saturated carbocycles. The summed E-state index contributed by atoms with van der Waals surface area (Å²) in [5, 5.41) is 2.90. The summed E-state index contributed by atoms with van der Waals surface area (Å²) in [5.74, 6) is -0.218. The van der Waals surface area contributed by atoms with Crippen molar-refractivity contribution in [3.05, 3.63) is 65.5 Å². The van der Waals surface area contributed by atoms with Crippen molar-refractivity contribution >= 4 is 12.0 Å². The number of nitrogens with zero attached hydrogens (tertiary/aromatic N) is 2. The lowest BCUT2D eigenvalue weighted by atomic mass is 9.92. The van der Waals surface area contributed by atoms with Gasteiger partial charge in [0.15, 0.2) is 0 Å². The van der Waals surface area contributed by atoms with Crippen LogP contribution in [0.1, 0.15) is 22.7 Å². The molecule has 0 bridgehead atoms. The summed E-state index contributed by atoms with van der Waals surface area (Å²) >= 11 is 0. The normalized spacial score (nSPS) is 16.2. The maximum absolute atomic E-state index is 12.8. The van der Waals surface area contributed by atoms with E-state index in [0.29, 0.717) is 19.5 Å². The molecule has 1 aromatic carbocycles. The summed E-state index contributed by atoms with van der Waals surface area (Å²) in [7, 11) is 1.33. The van der Waals surface area contributed by atoms with E-state index in [1.165, 1.54) is 12.0 Å². The predicted octanol–water partition coefficient (Wildman–Crippen LogP) is 2.06. The zero-order chi connectivity index (χ0) is 16.9. The molecule has 24 heavy (non-hydrogen) atoms. The molecule has 6 heteroatoms. The smallest absolute Gasteiger partial charge is 0.410 e. The zero-order valence-corrected chi connectivity index (χ0v) is 13.4. The van der Waals surface area contributed by atoms with E-state index in [0.717, 1.165) is 16.7 Å². The van der Waals surface area contributed by atoms with Gasteiger partial charge in [0.25, 0.3) is 0 Å². The molecule has 0 spiro atoms. The Hall–Kier alpha value is -2.89. The lowest BCUT2D eigenvalue weighted by Gasteiger charge is -2.35. The number of hydrogen-bond acceptors (Lipinski definition) is 4. The van der Waals surface area contributed by atoms with Crippen LogP contribution in [0.2, 0.25) is 0 Å². The number of benzene rings is 1. The molecule has 2 heterocycles. The van der Waals surface area contributed by atoms with E-state index < -0.39 is 12.1 Å². The fourth-order valence-electron chi connectivity index (χ4n) is 2.95. The zero-order valence-electron chi connectivity index (χ0n) is 13.4. The molecule has 1 aliphatic rings. The highest BCUT2D eigenvalue weighted by atomic mass is 16.5. The Morgan fingerprint density at radius 3 is 2.75 bits per heavy atom. The number of hydrogen-bond donors (Lipinski definition) is 1. The molecule has 1 aliphatic heterocycles. The van der Waals surface area contributed by atoms with E-state index in [2.05, 4.69) is 10.3 Å². The van der Waals surface area contributed by atoms with Crippen molar-refractivity contribution in [2.75, 3.05) is 13.7 Å². The fraction of sp³-hybridized carbons (Fsp3) is 0.278. The molecule has 1 N–H and O–H groups in total. The second kappa shape index (κ2) is 7.12. The second-order valence-corrected chi connectivity index (χ2v) is 5.59. The van der Waals surface area contributed by atoms with Crippen LogP contribution in [-0.4, -0.2) is 35.5 Å². The number of methoxy groups -OCH3 is 1. The van der Waals surface area contributed by atoms with Crippen LogP contribution < -0.4 is 5.32 Å². The van der Waals surface area contributed by atoms with E-state index >= 15 is 0 Å². The van der Waals surface area contributed by atoms with Crippen LogP contribution in [0.15, 0.2) is 48.8 Å². The van der Waals surface area contributed by atoms with Gasteiger partial charge in [-0.15, -0.1) is 0 Å². The van der Waals surface area contributed by atoms with Gasteiger partial charge >= 0.3 is 6.09 Å². The first kappa shape index (κ1) is 16.0. The van der Waals surface area contributed by atoms with E-state index in [4.69, 9.17) is 4.74 Å². The molecule has 1 aromatic heterocycles. The largest absolute Gasteiger partial charge is 0.453 e. The van der Waals surface area contributed by atoms with E-state index in [1.807, 2.05) is 36.4 Å². The first-order valence-corrected chi connectivity index (χ1v) is 7.79. The van der Waals surface area contributed by atoms with Gasteiger partial charge in [0, 0.05) is 25.5 Å². The number of fused-ring (bicyclic) bond motifs is 1. The van der Waals surface area contributed by atoms with Gasteiger partial charge in [-0.05, 0) is 35.2 Å². The lowest BCUT2D eigenvalue weighted by molar-refractivity contribution is -0.126. The number of amides is 2. The Morgan fingerprint density at radius 1 is 1.25 bits per heavy atom. The van der Waals surface area contributed by atoms with Gasteiger partial charge in [-0.1, -0.05) is 24.3 Å². The standard InChI is InChI=1S/C18H19N3O3/c1-24-18(23)21-11-8-14-4-2-3-5-15(14)16(21)17(22)20-12-13-6-9-19-10-7-13/h2-7,9-10,16H,8,11-12H2,1H3,(H,20,22)/t16-/m0/s1. The highest BCUT2D eigenvalue weighted by Gasteiger charge is 2.36. The summed E-state index contributed by atoms with van der Waals surface area (Å²) in [6.07, 6.45) is 3.57. The Balaban J connectivity index is 1.83. The molecule has 2 amide bonds. The van der Waals surface area contributed by atoms with Gasteiger partial charge in [-0.3, -0.25) is 14.7 Å². The summed E-state index contributed by atoms with van der Waals surface area (Å²) in [5.41, 5.74) is 2.88. The van der Waals surface area contributed by atoms with Crippen molar-refractivity contribution in [3.8, 4) is 0 Å². The minimum Gasteiger partial charge on any atom is -0.453 e. The van der Waals surface area contributed by atoms with Crippen molar-refractivity contribution in [1.29, 1.82) is 0 Å². The highest BCUT2D eigenvalue weighted by Crippen LogP contribution is 2.30. The topological polar surface area (TPSA) is 71.5 Å². The van der Waals surface area contributed by atoms with Gasteiger partial charge < -0.3 is 10.1 Å². The minimum absolute atomic E-state index is 0.218. The third-order valence-corrected chi connectivity index (χ3v) is 4.16. The van der Waals surface area contributed by atoms with E-state index in [-0.39, 0.29) is 5.91 Å². The van der Waals surface area contributed by atoms with Gasteiger partial charge in [0.1, 0.15) is 6.04 Å². The van der Waals surface area contributed by atoms with Crippen LogP contribution in [0.25, 0.3) is 0 Å². The lowest BCUT2D eigenvalue weighted by Crippen LogP contribution is -2.47. The van der Waals surface area contributed by atoms with Crippen LogP contribution >= 0.6 is 0 Å². The van der Waals surface area contributed by atoms with Crippen LogP contribution in [0, 0.1) is 0 Å². The number of carbonyl (C=O) groups excluding carboxylic acids is 2. The number of aromatic nitrogens is 1. The molecule has 0 aliphatic carbocycles. The molecule has 2 aromatic rings. The average Bonchev–Trinajstić information content (AvgIpc) is 2.65. The number of carbonyl (C=O) groups is 2. The molecule has 0 saturated heterocycles. The molecule has 1 atom stereocenters. The molecular formula is C18H19N3O3. The first-order chi connectivity index (χ1) is 11.7. The molecule has 124 valence electrons. The van der Waals surface area contributed by atoms with Crippen LogP contribution in [-0.2, 0) is 22.5 Å². The van der Waals surface area contributed by atoms with Crippen molar-refractivity contribution in [2.24, 2.45) is 0 Å². The van der Waals surface area contributed by atoms with Gasteiger partial charge in [0.05, 0.1) is 7.11 Å². The third kappa shape index (κ3) is 3.22. The predicted molar refractivity (Wildman–Crippen MR) is 88.1 cm³/mol. The monoisotopic (exact) mass is 325 g/mol. The van der Waals surface area contributed by atoms with Crippen LogP contribution in [0.3, 0.4) is 0 Å². The number of nitrogens with one attached hydrogen (secondary N) is 1. The minimum atomic E-state index is -0.677. The quantitative estimate of drug-likeness (QED) is 0.938. The SMILES string of the molecule is COC(=O)N1CCc2ccccc2[C@H]1C(=O)NCc1ccncc1. The Labute approximate surface area is 140 Å². The number of rotatable bonds is 3. The summed E-state index contributed by atoms with van der Waals surface area (Å²) < 4.78 is 4.85. The summed E-state index contributed by atoms with van der Waals surface area (Å²) in [6, 6.07) is 10.7. The molecule has 3 rings (SSSR count). The van der Waals surface area contributed by atoms with Gasteiger partial charge in [-0.25, -0.2) is 4.79 Å². The van der Waals surface area contributed by atoms with Crippen molar-refractivity contribution in [1.82, 2.24) is 15.2 Å². The molecule has 6 nitrogen and oxygen atoms in total. The first-order valence-electron chi connectivity index (χ1n) is 7.79. The van der Waals surface area contributed by atoms with E-state index in [1.54, 1.807) is 12.4 Å². The number of ether oxygens (including phenoxy) is 1. The van der Waals surface area contributed by atoms with Gasteiger partial charge in [0.2, 0.25) is 5.91 Å². The van der Waals surface area contributed by atoms with E-state index in [9.17, 15) is 9.59 Å². The third-order valence-electron chi connectivity index (χ3n) is 4.16. The van der Waals surface area contributed by atoms with Crippen molar-refractivity contribution in [3.63, 3.8) is 0 Å². The molecule has 0 unspecified atom stereocenters. The molecule has 0 radical (unpaired) electrons. The number of pyridine rings is 1. The summed E-state index contributed by atoms with van der Waals surface area (Å²) in [4.78, 5) is 30.3. The maximum Gasteiger partial charge on any atom is 0.410 e. The molecule has 0 fully saturated rings. The Bertz CT molecular complexity index is 733. The summed E-state index contributed by atoms with van der Waals surface area (Å²) in [6.45, 7) is 0.839. The van der Waals surface area contributed by atoms with Crippen LogP contribution in [0.4, 0.5) is 4.79 Å². The molecular weight excluding hydrogens is 306 g/mol. The van der Waals surface area contributed by atoms with Crippen LogP contribution in [0.5, 0.6) is 0 Å².